The second-order valence-electron chi connectivity index (χ2n) is 0.874. The van der Waals surface area contributed by atoms with Crippen LogP contribution in [0, 0.1) is 0 Å². The van der Waals surface area contributed by atoms with Crippen LogP contribution in [-0.4, -0.2) is 19.6 Å². The Labute approximate surface area is 41.0 Å². The Balaban J connectivity index is 3.00. The van der Waals surface area contributed by atoms with Crippen LogP contribution in [0.5, 0.6) is 0 Å². The summed E-state index contributed by atoms with van der Waals surface area (Å²) in [6.45, 7) is -0.784. The van der Waals surface area contributed by atoms with Gasteiger partial charge in [0.15, 0.2) is 6.61 Å². The van der Waals surface area contributed by atoms with Crippen molar-refractivity contribution >= 4 is 5.91 Å². The van der Waals surface area contributed by atoms with Crippen molar-refractivity contribution < 1.29 is 14.7 Å². The van der Waals surface area contributed by atoms with Gasteiger partial charge in [-0.1, -0.05) is 0 Å². The van der Waals surface area contributed by atoms with Gasteiger partial charge < -0.3 is 0 Å². The zero-order valence-electron chi connectivity index (χ0n) is 3.93. The maximum Gasteiger partial charge on any atom is 0.272 e. The van der Waals surface area contributed by atoms with Gasteiger partial charge in [-0.15, -0.1) is 0 Å². The van der Waals surface area contributed by atoms with Crippen LogP contribution < -0.4 is 5.48 Å². The van der Waals surface area contributed by atoms with Gasteiger partial charge in [0.1, 0.15) is 0 Å². The minimum atomic E-state index is -0.784. The third kappa shape index (κ3) is 3.21. The Morgan fingerprint density at radius 2 is 2.43 bits per heavy atom. The summed E-state index contributed by atoms with van der Waals surface area (Å²) in [6, 6.07) is 0. The zero-order chi connectivity index (χ0) is 5.70. The van der Waals surface area contributed by atoms with Crippen molar-refractivity contribution in [3.63, 3.8) is 0 Å². The Bertz CT molecular complexity index is 63.2. The number of amides is 1. The fourth-order valence-electron chi connectivity index (χ4n) is 0.143. The van der Waals surface area contributed by atoms with E-state index in [-0.39, 0.29) is 0 Å². The first-order valence-corrected chi connectivity index (χ1v) is 1.71. The summed E-state index contributed by atoms with van der Waals surface area (Å²) in [7, 11) is 1.27. The molecule has 0 aromatic rings. The van der Waals surface area contributed by atoms with Gasteiger partial charge in [0.05, 0.1) is 7.11 Å². The van der Waals surface area contributed by atoms with E-state index < -0.39 is 12.5 Å². The third-order valence-corrected chi connectivity index (χ3v) is 0.347. The lowest BCUT2D eigenvalue weighted by molar-refractivity contribution is -0.136. The third-order valence-electron chi connectivity index (χ3n) is 0.347. The smallest absolute Gasteiger partial charge is 0.272 e. The van der Waals surface area contributed by atoms with E-state index in [9.17, 15) is 9.90 Å². The normalized spacial score (nSPS) is 8.29. The summed E-state index contributed by atoms with van der Waals surface area (Å²) in [4.78, 5) is 14.0. The predicted molar refractivity (Wildman–Crippen MR) is 20.7 cm³/mol. The monoisotopic (exact) mass is 104 g/mol. The molecule has 4 heteroatoms. The molecule has 0 aromatic heterocycles. The van der Waals surface area contributed by atoms with Crippen LogP contribution in [0.1, 0.15) is 0 Å². The lowest BCUT2D eigenvalue weighted by atomic mass is 10.7. The van der Waals surface area contributed by atoms with Crippen LogP contribution in [0.15, 0.2) is 0 Å². The molecule has 1 radical (unpaired) electrons. The van der Waals surface area contributed by atoms with Gasteiger partial charge in [0.2, 0.25) is 0 Å². The fourth-order valence-corrected chi connectivity index (χ4v) is 0.143. The van der Waals surface area contributed by atoms with Crippen molar-refractivity contribution in [1.29, 1.82) is 0 Å². The number of hydrogen-bond donors (Lipinski definition) is 1. The van der Waals surface area contributed by atoms with Crippen LogP contribution in [-0.2, 0) is 14.7 Å². The number of hydrogen-bond acceptors (Lipinski definition) is 2. The highest BCUT2D eigenvalue weighted by molar-refractivity contribution is 5.75. The van der Waals surface area contributed by atoms with Crippen molar-refractivity contribution in [1.82, 2.24) is 5.48 Å². The molecule has 0 unspecified atom stereocenters. The molecule has 41 valence electrons. The molecule has 4 nitrogen and oxygen atoms in total. The van der Waals surface area contributed by atoms with Crippen LogP contribution in [0.2, 0.25) is 0 Å². The molecule has 0 aliphatic rings. The molecule has 0 aliphatic carbocycles. The number of carbonyl (C=O) groups excluding carboxylic acids is 1. The molecule has 0 aromatic carbocycles. The molecule has 1 N–H and O–H groups in total. The van der Waals surface area contributed by atoms with Crippen LogP contribution in [0.3, 0.4) is 0 Å². The lowest BCUT2D eigenvalue weighted by Gasteiger charge is -1.92. The summed E-state index contributed by atoms with van der Waals surface area (Å²) in [5.41, 5.74) is 1.84. The molecule has 7 heavy (non-hydrogen) atoms. The molecule has 0 spiro atoms. The predicted octanol–water partition coefficient (Wildman–Crippen LogP) is -0.906. The first-order valence-electron chi connectivity index (χ1n) is 1.71. The molecule has 0 heterocycles. The molecule has 0 aliphatic heterocycles. The molecule has 0 fully saturated rings. The van der Waals surface area contributed by atoms with Gasteiger partial charge >= 0.3 is 0 Å². The maximum atomic E-state index is 9.86. The minimum absolute atomic E-state index is 0.650. The van der Waals surface area contributed by atoms with Gasteiger partial charge in [-0.3, -0.25) is 9.63 Å². The van der Waals surface area contributed by atoms with E-state index in [0.717, 1.165) is 0 Å². The Kier molecular flexibility index (Phi) is 3.26. The van der Waals surface area contributed by atoms with Crippen molar-refractivity contribution in [2.75, 3.05) is 13.7 Å². The Hall–Kier alpha value is -0.610. The molecule has 0 rings (SSSR count). The van der Waals surface area contributed by atoms with E-state index in [1.807, 2.05) is 5.48 Å². The highest BCUT2D eigenvalue weighted by Crippen LogP contribution is 1.58. The van der Waals surface area contributed by atoms with Crippen molar-refractivity contribution in [2.24, 2.45) is 0 Å². The number of nitrogens with one attached hydrogen (secondary N) is 1. The zero-order valence-corrected chi connectivity index (χ0v) is 3.93. The van der Waals surface area contributed by atoms with Gasteiger partial charge in [0.25, 0.3) is 5.91 Å². The largest absolute Gasteiger partial charge is 0.277 e. The SMILES string of the molecule is CONC(=O)C[O]. The number of rotatable bonds is 2. The topological polar surface area (TPSA) is 58.2 Å². The summed E-state index contributed by atoms with van der Waals surface area (Å²) in [5.74, 6) is -0.650. The first kappa shape index (κ1) is 6.39. The van der Waals surface area contributed by atoms with Crippen LogP contribution >= 0.6 is 0 Å². The van der Waals surface area contributed by atoms with Crippen molar-refractivity contribution in [3.05, 3.63) is 0 Å². The highest BCUT2D eigenvalue weighted by Gasteiger charge is 1.92. The average Bonchev–Trinajstić information content (AvgIpc) is 1.68. The van der Waals surface area contributed by atoms with E-state index in [2.05, 4.69) is 4.84 Å². The molecular weight excluding hydrogens is 98.0 g/mol. The molecular formula is C3H6NO3. The van der Waals surface area contributed by atoms with Gasteiger partial charge in [0, 0.05) is 0 Å². The molecule has 0 atom stereocenters. The van der Waals surface area contributed by atoms with E-state index in [0.29, 0.717) is 0 Å². The maximum absolute atomic E-state index is 9.86. The van der Waals surface area contributed by atoms with Gasteiger partial charge in [-0.2, -0.15) is 0 Å². The van der Waals surface area contributed by atoms with E-state index in [1.165, 1.54) is 7.11 Å². The highest BCUT2D eigenvalue weighted by atomic mass is 16.6. The number of hydroxylamine groups is 1. The average molecular weight is 104 g/mol. The standard InChI is InChI=1S/C3H6NO3/c1-7-4-3(6)2-5/h2H2,1H3,(H,4,6). The van der Waals surface area contributed by atoms with E-state index in [4.69, 9.17) is 0 Å². The molecule has 0 saturated heterocycles. The van der Waals surface area contributed by atoms with Gasteiger partial charge in [-0.25, -0.2) is 10.6 Å². The van der Waals surface area contributed by atoms with Crippen LogP contribution in [0.4, 0.5) is 0 Å². The summed E-state index contributed by atoms with van der Waals surface area (Å²) in [6.07, 6.45) is 0. The summed E-state index contributed by atoms with van der Waals surface area (Å²) >= 11 is 0. The molecule has 1 amide bonds. The first-order chi connectivity index (χ1) is 3.31. The Morgan fingerprint density at radius 3 is 2.57 bits per heavy atom. The van der Waals surface area contributed by atoms with Crippen molar-refractivity contribution in [2.45, 2.75) is 0 Å². The van der Waals surface area contributed by atoms with Gasteiger partial charge in [-0.05, 0) is 0 Å². The second kappa shape index (κ2) is 3.58. The quantitative estimate of drug-likeness (QED) is 0.461. The van der Waals surface area contributed by atoms with Crippen LogP contribution in [0.25, 0.3) is 0 Å². The van der Waals surface area contributed by atoms with E-state index in [1.54, 1.807) is 0 Å². The van der Waals surface area contributed by atoms with Crippen molar-refractivity contribution in [3.8, 4) is 0 Å². The minimum Gasteiger partial charge on any atom is -0.277 e. The molecule has 0 bridgehead atoms. The summed E-state index contributed by atoms with van der Waals surface area (Å²) in [5, 5.41) is 9.53. The fraction of sp³-hybridized carbons (Fsp3) is 0.667. The lowest BCUT2D eigenvalue weighted by Crippen LogP contribution is -2.23. The number of carbonyl (C=O) groups is 1. The molecule has 0 saturated carbocycles. The summed E-state index contributed by atoms with van der Waals surface area (Å²) < 4.78 is 0. The second-order valence-corrected chi connectivity index (χ2v) is 0.874. The Morgan fingerprint density at radius 1 is 1.86 bits per heavy atom. The van der Waals surface area contributed by atoms with E-state index >= 15 is 0 Å².